The Balaban J connectivity index is 2.07. The minimum atomic E-state index is -0.257. The van der Waals surface area contributed by atoms with Gasteiger partial charge in [-0.2, -0.15) is 0 Å². The van der Waals surface area contributed by atoms with E-state index in [1.165, 1.54) is 18.9 Å². The molecule has 3 heteroatoms. The van der Waals surface area contributed by atoms with Crippen molar-refractivity contribution in [3.63, 3.8) is 0 Å². The molecule has 0 unspecified atom stereocenters. The first-order chi connectivity index (χ1) is 7.33. The van der Waals surface area contributed by atoms with Crippen LogP contribution in [-0.2, 0) is 0 Å². The summed E-state index contributed by atoms with van der Waals surface area (Å²) in [6, 6.07) is 9.35. The van der Waals surface area contributed by atoms with Crippen molar-refractivity contribution < 1.29 is 4.39 Å². The number of para-hydroxylation sites is 1. The number of benzene rings is 1. The molecule has 0 spiro atoms. The third kappa shape index (κ3) is 1.65. The van der Waals surface area contributed by atoms with Crippen molar-refractivity contribution in [3.05, 3.63) is 36.1 Å². The molecule has 1 saturated carbocycles. The Morgan fingerprint density at radius 2 is 2.07 bits per heavy atom. The smallest absolute Gasteiger partial charge is 0.149 e. The zero-order valence-corrected chi connectivity index (χ0v) is 8.20. The third-order valence-corrected chi connectivity index (χ3v) is 2.60. The fourth-order valence-electron chi connectivity index (χ4n) is 1.63. The van der Waals surface area contributed by atoms with Crippen LogP contribution in [-0.4, -0.2) is 11.0 Å². The van der Waals surface area contributed by atoms with E-state index in [0.29, 0.717) is 11.6 Å². The zero-order valence-electron chi connectivity index (χ0n) is 8.20. The maximum atomic E-state index is 13.4. The lowest BCUT2D eigenvalue weighted by Crippen LogP contribution is -2.02. The summed E-state index contributed by atoms with van der Waals surface area (Å²) < 4.78 is 13.4. The van der Waals surface area contributed by atoms with E-state index in [1.54, 1.807) is 6.07 Å². The number of halogens is 1. The molecule has 1 aliphatic rings. The van der Waals surface area contributed by atoms with E-state index in [1.807, 2.05) is 18.2 Å². The molecule has 1 fully saturated rings. The summed E-state index contributed by atoms with van der Waals surface area (Å²) in [7, 11) is 0. The second-order valence-electron chi connectivity index (χ2n) is 3.93. The summed E-state index contributed by atoms with van der Waals surface area (Å²) >= 11 is 0. The average molecular weight is 202 g/mol. The van der Waals surface area contributed by atoms with Gasteiger partial charge in [-0.3, -0.25) is 0 Å². The van der Waals surface area contributed by atoms with Gasteiger partial charge in [0.1, 0.15) is 17.2 Å². The minimum Gasteiger partial charge on any atom is -0.367 e. The fraction of sp³-hybridized carbons (Fsp3) is 0.250. The third-order valence-electron chi connectivity index (χ3n) is 2.60. The van der Waals surface area contributed by atoms with Crippen molar-refractivity contribution in [2.24, 2.45) is 0 Å². The van der Waals surface area contributed by atoms with Gasteiger partial charge in [0.05, 0.1) is 0 Å². The van der Waals surface area contributed by atoms with E-state index in [4.69, 9.17) is 0 Å². The topological polar surface area (TPSA) is 24.9 Å². The summed E-state index contributed by atoms with van der Waals surface area (Å²) in [5.74, 6) is 0.516. The van der Waals surface area contributed by atoms with Gasteiger partial charge in [0.25, 0.3) is 0 Å². The van der Waals surface area contributed by atoms with Crippen LogP contribution >= 0.6 is 0 Å². The molecule has 0 atom stereocenters. The minimum absolute atomic E-state index is 0.257. The van der Waals surface area contributed by atoms with E-state index < -0.39 is 0 Å². The van der Waals surface area contributed by atoms with Gasteiger partial charge in [0, 0.05) is 11.4 Å². The first-order valence-electron chi connectivity index (χ1n) is 5.15. The number of aromatic nitrogens is 1. The molecule has 0 saturated heterocycles. The highest BCUT2D eigenvalue weighted by molar-refractivity contribution is 5.80. The Morgan fingerprint density at radius 3 is 2.87 bits per heavy atom. The molecule has 2 aromatic rings. The number of hydrogen-bond donors (Lipinski definition) is 1. The van der Waals surface area contributed by atoms with E-state index in [-0.39, 0.29) is 5.82 Å². The van der Waals surface area contributed by atoms with Crippen LogP contribution in [0.15, 0.2) is 30.3 Å². The summed E-state index contributed by atoms with van der Waals surface area (Å²) in [4.78, 5) is 4.27. The Labute approximate surface area is 87.1 Å². The lowest BCUT2D eigenvalue weighted by atomic mass is 10.2. The molecule has 1 aliphatic carbocycles. The summed E-state index contributed by atoms with van der Waals surface area (Å²) in [6.45, 7) is 0. The van der Waals surface area contributed by atoms with Crippen LogP contribution in [0.5, 0.6) is 0 Å². The lowest BCUT2D eigenvalue weighted by Gasteiger charge is -2.05. The van der Waals surface area contributed by atoms with Gasteiger partial charge in [-0.1, -0.05) is 12.1 Å². The Morgan fingerprint density at radius 1 is 1.20 bits per heavy atom. The standard InChI is InChI=1S/C12H11FN2/c13-10-3-1-2-8-4-7-11(15-12(8)10)14-9-5-6-9/h1-4,7,9H,5-6H2,(H,14,15). The van der Waals surface area contributed by atoms with Gasteiger partial charge < -0.3 is 5.32 Å². The van der Waals surface area contributed by atoms with Crippen molar-refractivity contribution in [1.29, 1.82) is 0 Å². The largest absolute Gasteiger partial charge is 0.367 e. The van der Waals surface area contributed by atoms with Gasteiger partial charge in [-0.15, -0.1) is 0 Å². The van der Waals surface area contributed by atoms with Crippen LogP contribution in [0.3, 0.4) is 0 Å². The number of nitrogens with one attached hydrogen (secondary N) is 1. The first-order valence-corrected chi connectivity index (χ1v) is 5.15. The molecule has 15 heavy (non-hydrogen) atoms. The van der Waals surface area contributed by atoms with Crippen molar-refractivity contribution in [3.8, 4) is 0 Å². The second-order valence-corrected chi connectivity index (χ2v) is 3.93. The fourth-order valence-corrected chi connectivity index (χ4v) is 1.63. The van der Waals surface area contributed by atoms with E-state index >= 15 is 0 Å². The van der Waals surface area contributed by atoms with Crippen LogP contribution in [0, 0.1) is 5.82 Å². The van der Waals surface area contributed by atoms with Crippen molar-refractivity contribution >= 4 is 16.7 Å². The molecule has 0 radical (unpaired) electrons. The molecule has 1 N–H and O–H groups in total. The number of rotatable bonds is 2. The van der Waals surface area contributed by atoms with Crippen molar-refractivity contribution in [2.45, 2.75) is 18.9 Å². The second kappa shape index (κ2) is 3.19. The monoisotopic (exact) mass is 202 g/mol. The summed E-state index contributed by atoms with van der Waals surface area (Å²) in [5, 5.41) is 4.10. The average Bonchev–Trinajstić information content (AvgIpc) is 3.03. The number of pyridine rings is 1. The summed E-state index contributed by atoms with van der Waals surface area (Å²) in [5.41, 5.74) is 0.447. The van der Waals surface area contributed by atoms with Gasteiger partial charge in [0.2, 0.25) is 0 Å². The highest BCUT2D eigenvalue weighted by Crippen LogP contribution is 2.25. The van der Waals surface area contributed by atoms with Gasteiger partial charge in [-0.25, -0.2) is 9.37 Å². The molecule has 1 heterocycles. The molecular formula is C12H11FN2. The maximum absolute atomic E-state index is 13.4. The number of anilines is 1. The highest BCUT2D eigenvalue weighted by atomic mass is 19.1. The van der Waals surface area contributed by atoms with E-state index in [9.17, 15) is 4.39 Å². The molecule has 1 aromatic heterocycles. The molecule has 0 bridgehead atoms. The van der Waals surface area contributed by atoms with Gasteiger partial charge in [0.15, 0.2) is 0 Å². The van der Waals surface area contributed by atoms with Crippen LogP contribution in [0.2, 0.25) is 0 Å². The highest BCUT2D eigenvalue weighted by Gasteiger charge is 2.21. The maximum Gasteiger partial charge on any atom is 0.149 e. The quantitative estimate of drug-likeness (QED) is 0.809. The van der Waals surface area contributed by atoms with Crippen LogP contribution < -0.4 is 5.32 Å². The van der Waals surface area contributed by atoms with Crippen LogP contribution in [0.25, 0.3) is 10.9 Å². The molecule has 2 nitrogen and oxygen atoms in total. The normalized spacial score (nSPS) is 15.5. The SMILES string of the molecule is Fc1cccc2ccc(NC3CC3)nc12. The Hall–Kier alpha value is -1.64. The number of fused-ring (bicyclic) bond motifs is 1. The number of nitrogens with zero attached hydrogens (tertiary/aromatic N) is 1. The summed E-state index contributed by atoms with van der Waals surface area (Å²) in [6.07, 6.45) is 2.38. The zero-order chi connectivity index (χ0) is 10.3. The van der Waals surface area contributed by atoms with Crippen molar-refractivity contribution in [2.75, 3.05) is 5.32 Å². The van der Waals surface area contributed by atoms with Gasteiger partial charge in [-0.05, 0) is 31.0 Å². The molecule has 0 aliphatic heterocycles. The molecule has 3 rings (SSSR count). The van der Waals surface area contributed by atoms with Crippen LogP contribution in [0.4, 0.5) is 10.2 Å². The lowest BCUT2D eigenvalue weighted by molar-refractivity contribution is 0.637. The molecular weight excluding hydrogens is 191 g/mol. The Kier molecular flexibility index (Phi) is 1.84. The molecule has 0 amide bonds. The van der Waals surface area contributed by atoms with Gasteiger partial charge >= 0.3 is 0 Å². The molecule has 1 aromatic carbocycles. The first kappa shape index (κ1) is 8.65. The van der Waals surface area contributed by atoms with Crippen LogP contribution in [0.1, 0.15) is 12.8 Å². The van der Waals surface area contributed by atoms with E-state index in [0.717, 1.165) is 11.2 Å². The van der Waals surface area contributed by atoms with Crippen molar-refractivity contribution in [1.82, 2.24) is 4.98 Å². The number of hydrogen-bond acceptors (Lipinski definition) is 2. The Bertz CT molecular complexity index is 506. The predicted molar refractivity (Wildman–Crippen MR) is 58.3 cm³/mol. The molecule has 76 valence electrons. The van der Waals surface area contributed by atoms with E-state index in [2.05, 4.69) is 10.3 Å². The predicted octanol–water partition coefficient (Wildman–Crippen LogP) is 2.95.